The standard InChI is InChI=1S/C13H15ClO7S/c1-18-9-7-8(5-6-10(15)19-2)13(22(14,16)17)12(21-4)11(9)20-3/h5-7H,1-4H3/b6-5+. The molecule has 1 aromatic carbocycles. The van der Waals surface area contributed by atoms with Gasteiger partial charge >= 0.3 is 5.97 Å². The normalized spacial score (nSPS) is 11.3. The van der Waals surface area contributed by atoms with Gasteiger partial charge in [0.25, 0.3) is 9.05 Å². The molecule has 0 bridgehead atoms. The van der Waals surface area contributed by atoms with Gasteiger partial charge in [-0.25, -0.2) is 13.2 Å². The Balaban J connectivity index is 3.74. The van der Waals surface area contributed by atoms with Crippen LogP contribution in [0.3, 0.4) is 0 Å². The summed E-state index contributed by atoms with van der Waals surface area (Å²) in [7, 11) is 6.45. The summed E-state index contributed by atoms with van der Waals surface area (Å²) in [6, 6.07) is 1.36. The van der Waals surface area contributed by atoms with Crippen molar-refractivity contribution in [1.82, 2.24) is 0 Å². The van der Waals surface area contributed by atoms with Crippen LogP contribution in [0, 0.1) is 0 Å². The minimum atomic E-state index is -4.18. The van der Waals surface area contributed by atoms with Crippen LogP contribution in [0.4, 0.5) is 0 Å². The third-order valence-corrected chi connectivity index (χ3v) is 4.03. The molecule has 0 heterocycles. The van der Waals surface area contributed by atoms with Crippen LogP contribution in [0.5, 0.6) is 17.2 Å². The van der Waals surface area contributed by atoms with Crippen molar-refractivity contribution < 1.29 is 32.2 Å². The van der Waals surface area contributed by atoms with E-state index in [0.29, 0.717) is 0 Å². The first-order chi connectivity index (χ1) is 10.3. The highest BCUT2D eigenvalue weighted by Crippen LogP contribution is 2.45. The summed E-state index contributed by atoms with van der Waals surface area (Å²) in [6.45, 7) is 0. The first-order valence-corrected chi connectivity index (χ1v) is 8.14. The van der Waals surface area contributed by atoms with Gasteiger partial charge < -0.3 is 18.9 Å². The van der Waals surface area contributed by atoms with Gasteiger partial charge in [0.15, 0.2) is 11.5 Å². The predicted octanol–water partition coefficient (Wildman–Crippen LogP) is 1.83. The molecule has 1 rings (SSSR count). The zero-order chi connectivity index (χ0) is 16.9. The van der Waals surface area contributed by atoms with Gasteiger partial charge in [-0.3, -0.25) is 0 Å². The molecule has 0 aliphatic carbocycles. The van der Waals surface area contributed by atoms with E-state index in [1.54, 1.807) is 0 Å². The molecule has 0 amide bonds. The maximum atomic E-state index is 11.9. The van der Waals surface area contributed by atoms with Gasteiger partial charge in [0.05, 0.1) is 28.4 Å². The molecule has 0 saturated carbocycles. The Morgan fingerprint density at radius 3 is 2.09 bits per heavy atom. The SMILES string of the molecule is COC(=O)/C=C/c1cc(OC)c(OC)c(OC)c1S(=O)(=O)Cl. The van der Waals surface area contributed by atoms with Crippen LogP contribution < -0.4 is 14.2 Å². The van der Waals surface area contributed by atoms with E-state index in [4.69, 9.17) is 24.9 Å². The zero-order valence-corrected chi connectivity index (χ0v) is 13.9. The van der Waals surface area contributed by atoms with Crippen molar-refractivity contribution in [2.24, 2.45) is 0 Å². The van der Waals surface area contributed by atoms with E-state index in [1.165, 1.54) is 40.6 Å². The molecule has 0 saturated heterocycles. The zero-order valence-electron chi connectivity index (χ0n) is 12.4. The van der Waals surface area contributed by atoms with Gasteiger partial charge in [0.2, 0.25) is 5.75 Å². The van der Waals surface area contributed by atoms with Crippen molar-refractivity contribution in [3.63, 3.8) is 0 Å². The number of esters is 1. The fraction of sp³-hybridized carbons (Fsp3) is 0.308. The highest BCUT2D eigenvalue weighted by molar-refractivity contribution is 8.13. The summed E-state index contributed by atoms with van der Waals surface area (Å²) in [5.41, 5.74) is 0.0925. The first-order valence-electron chi connectivity index (χ1n) is 5.83. The smallest absolute Gasteiger partial charge is 0.330 e. The summed E-state index contributed by atoms with van der Waals surface area (Å²) in [6.07, 6.45) is 2.28. The van der Waals surface area contributed by atoms with Gasteiger partial charge in [-0.05, 0) is 12.1 Å². The molecular weight excluding hydrogens is 336 g/mol. The van der Waals surface area contributed by atoms with Crippen molar-refractivity contribution in [3.8, 4) is 17.2 Å². The molecule has 0 aromatic heterocycles. The minimum Gasteiger partial charge on any atom is -0.493 e. The molecule has 0 spiro atoms. The van der Waals surface area contributed by atoms with Crippen molar-refractivity contribution in [2.45, 2.75) is 4.90 Å². The molecule has 0 aliphatic heterocycles. The van der Waals surface area contributed by atoms with E-state index in [9.17, 15) is 13.2 Å². The van der Waals surface area contributed by atoms with E-state index in [1.807, 2.05) is 0 Å². The Morgan fingerprint density at radius 2 is 1.68 bits per heavy atom. The van der Waals surface area contributed by atoms with Crippen molar-refractivity contribution in [2.75, 3.05) is 28.4 Å². The Morgan fingerprint density at radius 1 is 1.09 bits per heavy atom. The van der Waals surface area contributed by atoms with Crippen LogP contribution in [0.1, 0.15) is 5.56 Å². The largest absolute Gasteiger partial charge is 0.493 e. The number of halogens is 1. The number of hydrogen-bond donors (Lipinski definition) is 0. The summed E-state index contributed by atoms with van der Waals surface area (Å²) < 4.78 is 43.5. The van der Waals surface area contributed by atoms with Gasteiger partial charge in [-0.15, -0.1) is 0 Å². The second-order valence-electron chi connectivity index (χ2n) is 3.86. The van der Waals surface area contributed by atoms with E-state index in [-0.39, 0.29) is 27.7 Å². The quantitative estimate of drug-likeness (QED) is 0.439. The van der Waals surface area contributed by atoms with Gasteiger partial charge in [-0.2, -0.15) is 0 Å². The highest BCUT2D eigenvalue weighted by atomic mass is 35.7. The summed E-state index contributed by atoms with van der Waals surface area (Å²) in [4.78, 5) is 10.9. The van der Waals surface area contributed by atoms with Crippen molar-refractivity contribution >= 4 is 31.8 Å². The van der Waals surface area contributed by atoms with E-state index < -0.39 is 15.0 Å². The second kappa shape index (κ2) is 7.37. The molecule has 0 fully saturated rings. The van der Waals surface area contributed by atoms with Crippen molar-refractivity contribution in [1.29, 1.82) is 0 Å². The van der Waals surface area contributed by atoms with Gasteiger partial charge in [0, 0.05) is 22.3 Å². The topological polar surface area (TPSA) is 88.1 Å². The molecule has 1 aromatic rings. The molecular formula is C13H15ClO7S. The minimum absolute atomic E-state index is 0.0689. The predicted molar refractivity (Wildman–Crippen MR) is 80.2 cm³/mol. The van der Waals surface area contributed by atoms with Gasteiger partial charge in [-0.1, -0.05) is 0 Å². The number of hydrogen-bond acceptors (Lipinski definition) is 7. The Bertz CT molecular complexity index is 695. The lowest BCUT2D eigenvalue weighted by molar-refractivity contribution is -0.134. The lowest BCUT2D eigenvalue weighted by Crippen LogP contribution is -2.04. The Kier molecular flexibility index (Phi) is 6.07. The van der Waals surface area contributed by atoms with Crippen LogP contribution in [0.2, 0.25) is 0 Å². The molecule has 0 aliphatic rings. The molecule has 122 valence electrons. The van der Waals surface area contributed by atoms with E-state index >= 15 is 0 Å². The number of carbonyl (C=O) groups is 1. The number of methoxy groups -OCH3 is 4. The molecule has 22 heavy (non-hydrogen) atoms. The highest BCUT2D eigenvalue weighted by Gasteiger charge is 2.27. The monoisotopic (exact) mass is 350 g/mol. The number of ether oxygens (including phenoxy) is 4. The number of rotatable bonds is 6. The summed E-state index contributed by atoms with van der Waals surface area (Å²) >= 11 is 0. The van der Waals surface area contributed by atoms with Gasteiger partial charge in [0.1, 0.15) is 4.90 Å². The van der Waals surface area contributed by atoms with E-state index in [0.717, 1.165) is 6.08 Å². The third kappa shape index (κ3) is 3.83. The van der Waals surface area contributed by atoms with Crippen LogP contribution in [0.25, 0.3) is 6.08 Å². The van der Waals surface area contributed by atoms with E-state index in [2.05, 4.69) is 4.74 Å². The summed E-state index contributed by atoms with van der Waals surface area (Å²) in [5.74, 6) is -0.500. The fourth-order valence-corrected chi connectivity index (χ4v) is 3.03. The maximum Gasteiger partial charge on any atom is 0.330 e. The number of carbonyl (C=O) groups excluding carboxylic acids is 1. The maximum absolute atomic E-state index is 11.9. The summed E-state index contributed by atoms with van der Waals surface area (Å²) in [5, 5.41) is 0. The van der Waals surface area contributed by atoms with Crippen LogP contribution >= 0.6 is 10.7 Å². The van der Waals surface area contributed by atoms with Crippen LogP contribution in [-0.4, -0.2) is 42.8 Å². The molecule has 7 nitrogen and oxygen atoms in total. The first kappa shape index (κ1) is 18.1. The lowest BCUT2D eigenvalue weighted by Gasteiger charge is -2.16. The van der Waals surface area contributed by atoms with Crippen LogP contribution in [0.15, 0.2) is 17.0 Å². The molecule has 0 unspecified atom stereocenters. The molecule has 9 heteroatoms. The molecule has 0 N–H and O–H groups in total. The third-order valence-electron chi connectivity index (χ3n) is 2.66. The molecule has 0 atom stereocenters. The average Bonchev–Trinajstić information content (AvgIpc) is 2.49. The molecule has 0 radical (unpaired) electrons. The Labute approximate surface area is 132 Å². The van der Waals surface area contributed by atoms with Crippen molar-refractivity contribution in [3.05, 3.63) is 17.7 Å². The lowest BCUT2D eigenvalue weighted by atomic mass is 10.1. The number of benzene rings is 1. The fourth-order valence-electron chi connectivity index (χ4n) is 1.75. The second-order valence-corrected chi connectivity index (χ2v) is 6.36. The van der Waals surface area contributed by atoms with Crippen LogP contribution in [-0.2, 0) is 18.6 Å². The Hall–Kier alpha value is -1.93. The average molecular weight is 351 g/mol.